The Hall–Kier alpha value is -1.79. The molecular formula is C14H22N2O4. The zero-order valence-corrected chi connectivity index (χ0v) is 12.0. The molecule has 0 aromatic heterocycles. The first-order chi connectivity index (χ1) is 9.60. The molecule has 1 aromatic carbocycles. The average Bonchev–Trinajstić information content (AvgIpc) is 2.43. The van der Waals surface area contributed by atoms with Crippen molar-refractivity contribution in [2.45, 2.75) is 6.42 Å². The van der Waals surface area contributed by atoms with Crippen molar-refractivity contribution in [3.05, 3.63) is 23.8 Å². The summed E-state index contributed by atoms with van der Waals surface area (Å²) < 4.78 is 10.1. The van der Waals surface area contributed by atoms with Crippen LogP contribution in [-0.2, 0) is 9.47 Å². The summed E-state index contributed by atoms with van der Waals surface area (Å²) in [6.07, 6.45) is 0.809. The molecule has 3 N–H and O–H groups in total. The minimum Gasteiger partial charge on any atom is -0.478 e. The second-order valence-electron chi connectivity index (χ2n) is 4.41. The number of rotatable bonds is 9. The van der Waals surface area contributed by atoms with Gasteiger partial charge in [-0.25, -0.2) is 4.79 Å². The summed E-state index contributed by atoms with van der Waals surface area (Å²) in [7, 11) is 3.26. The first-order valence-corrected chi connectivity index (χ1v) is 6.45. The molecule has 0 aliphatic carbocycles. The van der Waals surface area contributed by atoms with Crippen molar-refractivity contribution < 1.29 is 19.4 Å². The molecule has 0 fully saturated rings. The van der Waals surface area contributed by atoms with Crippen LogP contribution in [0.4, 0.5) is 11.4 Å². The van der Waals surface area contributed by atoms with Crippen molar-refractivity contribution in [2.24, 2.45) is 0 Å². The highest BCUT2D eigenvalue weighted by molar-refractivity contribution is 5.95. The highest BCUT2D eigenvalue weighted by atomic mass is 16.5. The molecule has 0 radical (unpaired) electrons. The number of hydrogen-bond acceptors (Lipinski definition) is 5. The molecule has 20 heavy (non-hydrogen) atoms. The van der Waals surface area contributed by atoms with Gasteiger partial charge in [0.2, 0.25) is 0 Å². The molecule has 6 heteroatoms. The Balaban J connectivity index is 2.95. The number of aromatic carboxylic acids is 1. The van der Waals surface area contributed by atoms with E-state index in [1.165, 1.54) is 6.07 Å². The molecule has 0 atom stereocenters. The third-order valence-corrected chi connectivity index (χ3v) is 2.93. The fourth-order valence-electron chi connectivity index (χ4n) is 1.95. The van der Waals surface area contributed by atoms with E-state index in [-0.39, 0.29) is 5.56 Å². The van der Waals surface area contributed by atoms with Crippen LogP contribution in [-0.4, -0.2) is 51.6 Å². The van der Waals surface area contributed by atoms with E-state index in [4.69, 9.17) is 15.2 Å². The average molecular weight is 282 g/mol. The standard InChI is InChI=1S/C14H22N2O4/c1-19-8-3-6-16(7-9-20-2)13-5-4-11(15)10-12(13)14(17)18/h4-5,10H,3,6-9,15H2,1-2H3,(H,17,18). The fraction of sp³-hybridized carbons (Fsp3) is 0.500. The maximum absolute atomic E-state index is 11.3. The summed E-state index contributed by atoms with van der Waals surface area (Å²) in [5.74, 6) is -0.985. The highest BCUT2D eigenvalue weighted by Crippen LogP contribution is 2.23. The van der Waals surface area contributed by atoms with Crippen LogP contribution in [0.5, 0.6) is 0 Å². The van der Waals surface area contributed by atoms with Crippen molar-refractivity contribution in [3.8, 4) is 0 Å². The van der Waals surface area contributed by atoms with Crippen molar-refractivity contribution in [3.63, 3.8) is 0 Å². The number of ether oxygens (including phenoxy) is 2. The van der Waals surface area contributed by atoms with Gasteiger partial charge in [-0.2, -0.15) is 0 Å². The smallest absolute Gasteiger partial charge is 0.337 e. The largest absolute Gasteiger partial charge is 0.478 e. The molecular weight excluding hydrogens is 260 g/mol. The summed E-state index contributed by atoms with van der Waals surface area (Å²) in [5.41, 5.74) is 6.96. The molecule has 0 aliphatic rings. The lowest BCUT2D eigenvalue weighted by atomic mass is 10.1. The molecule has 0 saturated heterocycles. The molecule has 1 rings (SSSR count). The van der Waals surface area contributed by atoms with Crippen molar-refractivity contribution >= 4 is 17.3 Å². The van der Waals surface area contributed by atoms with Crippen molar-refractivity contribution in [2.75, 3.05) is 51.2 Å². The number of nitrogens with zero attached hydrogens (tertiary/aromatic N) is 1. The van der Waals surface area contributed by atoms with Crippen molar-refractivity contribution in [1.82, 2.24) is 0 Å². The lowest BCUT2D eigenvalue weighted by molar-refractivity contribution is 0.0697. The first-order valence-electron chi connectivity index (χ1n) is 6.45. The number of hydrogen-bond donors (Lipinski definition) is 2. The monoisotopic (exact) mass is 282 g/mol. The molecule has 0 bridgehead atoms. The Morgan fingerprint density at radius 1 is 1.25 bits per heavy atom. The van der Waals surface area contributed by atoms with Crippen molar-refractivity contribution in [1.29, 1.82) is 0 Å². The van der Waals surface area contributed by atoms with Crippen LogP contribution >= 0.6 is 0 Å². The number of methoxy groups -OCH3 is 2. The number of benzene rings is 1. The zero-order valence-electron chi connectivity index (χ0n) is 12.0. The normalized spacial score (nSPS) is 10.5. The van der Waals surface area contributed by atoms with Gasteiger partial charge in [0, 0.05) is 39.6 Å². The Morgan fingerprint density at radius 3 is 2.55 bits per heavy atom. The van der Waals surface area contributed by atoms with E-state index in [1.807, 2.05) is 4.90 Å². The van der Waals surface area contributed by atoms with Crippen LogP contribution in [0.15, 0.2) is 18.2 Å². The summed E-state index contributed by atoms with van der Waals surface area (Å²) in [4.78, 5) is 13.3. The zero-order chi connectivity index (χ0) is 15.0. The predicted octanol–water partition coefficient (Wildman–Crippen LogP) is 1.46. The van der Waals surface area contributed by atoms with Gasteiger partial charge >= 0.3 is 5.97 Å². The van der Waals surface area contributed by atoms with Gasteiger partial charge in [0.25, 0.3) is 0 Å². The summed E-state index contributed by atoms with van der Waals surface area (Å²) in [6, 6.07) is 4.92. The van der Waals surface area contributed by atoms with E-state index >= 15 is 0 Å². The number of nitrogen functional groups attached to an aromatic ring is 1. The Labute approximate surface area is 119 Å². The summed E-state index contributed by atoms with van der Waals surface area (Å²) in [6.45, 7) is 2.46. The van der Waals surface area contributed by atoms with Gasteiger partial charge in [0.15, 0.2) is 0 Å². The second-order valence-corrected chi connectivity index (χ2v) is 4.41. The van der Waals surface area contributed by atoms with Gasteiger partial charge < -0.3 is 25.2 Å². The lowest BCUT2D eigenvalue weighted by Gasteiger charge is -2.26. The van der Waals surface area contributed by atoms with E-state index in [9.17, 15) is 9.90 Å². The van der Waals surface area contributed by atoms with Gasteiger partial charge in [-0.3, -0.25) is 0 Å². The molecule has 0 aliphatic heterocycles. The summed E-state index contributed by atoms with van der Waals surface area (Å²) in [5, 5.41) is 9.30. The van der Waals surface area contributed by atoms with E-state index in [2.05, 4.69) is 0 Å². The van der Waals surface area contributed by atoms with Crippen LogP contribution in [0.25, 0.3) is 0 Å². The number of carboxylic acids is 1. The Bertz CT molecular complexity index is 437. The quantitative estimate of drug-likeness (QED) is 0.527. The minimum absolute atomic E-state index is 0.207. The van der Waals surface area contributed by atoms with Gasteiger partial charge in [-0.05, 0) is 24.6 Å². The van der Waals surface area contributed by atoms with Crippen LogP contribution in [0.2, 0.25) is 0 Å². The second kappa shape index (κ2) is 8.39. The fourth-order valence-corrected chi connectivity index (χ4v) is 1.95. The lowest BCUT2D eigenvalue weighted by Crippen LogP contribution is -2.30. The SMILES string of the molecule is COCCCN(CCOC)c1ccc(N)cc1C(=O)O. The van der Waals surface area contributed by atoms with E-state index in [0.29, 0.717) is 37.7 Å². The van der Waals surface area contributed by atoms with Gasteiger partial charge in [-0.1, -0.05) is 0 Å². The maximum Gasteiger partial charge on any atom is 0.337 e. The minimum atomic E-state index is -0.985. The van der Waals surface area contributed by atoms with Gasteiger partial charge in [-0.15, -0.1) is 0 Å². The van der Waals surface area contributed by atoms with Crippen LogP contribution < -0.4 is 10.6 Å². The number of anilines is 2. The highest BCUT2D eigenvalue weighted by Gasteiger charge is 2.16. The molecule has 112 valence electrons. The third-order valence-electron chi connectivity index (χ3n) is 2.93. The number of carboxylic acid groups (broad SMARTS) is 1. The molecule has 1 aromatic rings. The van der Waals surface area contributed by atoms with Gasteiger partial charge in [0.1, 0.15) is 0 Å². The molecule has 0 spiro atoms. The predicted molar refractivity (Wildman–Crippen MR) is 78.4 cm³/mol. The topological polar surface area (TPSA) is 85.0 Å². The van der Waals surface area contributed by atoms with Crippen LogP contribution in [0.1, 0.15) is 16.8 Å². The molecule has 0 unspecified atom stereocenters. The Kier molecular flexibility index (Phi) is 6.83. The molecule has 6 nitrogen and oxygen atoms in total. The van der Waals surface area contributed by atoms with Crippen LogP contribution in [0, 0.1) is 0 Å². The molecule has 0 heterocycles. The van der Waals surface area contributed by atoms with Crippen LogP contribution in [0.3, 0.4) is 0 Å². The Morgan fingerprint density at radius 2 is 1.95 bits per heavy atom. The first kappa shape index (κ1) is 16.3. The number of carbonyl (C=O) groups is 1. The number of nitrogens with two attached hydrogens (primary N) is 1. The maximum atomic E-state index is 11.3. The third kappa shape index (κ3) is 4.71. The van der Waals surface area contributed by atoms with E-state index in [0.717, 1.165) is 6.42 Å². The van der Waals surface area contributed by atoms with Gasteiger partial charge in [0.05, 0.1) is 17.9 Å². The molecule has 0 saturated carbocycles. The van der Waals surface area contributed by atoms with E-state index in [1.54, 1.807) is 26.4 Å². The summed E-state index contributed by atoms with van der Waals surface area (Å²) >= 11 is 0. The molecule has 0 amide bonds. The van der Waals surface area contributed by atoms with E-state index < -0.39 is 5.97 Å².